The summed E-state index contributed by atoms with van der Waals surface area (Å²) in [5.74, 6) is 0.441. The Hall–Kier alpha value is -2.90. The number of hydrogen-bond donors (Lipinski definition) is 1. The van der Waals surface area contributed by atoms with E-state index in [4.69, 9.17) is 0 Å². The Morgan fingerprint density at radius 3 is 2.69 bits per heavy atom. The summed E-state index contributed by atoms with van der Waals surface area (Å²) in [6, 6.07) is 7.67. The summed E-state index contributed by atoms with van der Waals surface area (Å²) in [4.78, 5) is 16.9. The first-order chi connectivity index (χ1) is 12.4. The van der Waals surface area contributed by atoms with Crippen molar-refractivity contribution >= 4 is 17.2 Å². The Morgan fingerprint density at radius 2 is 2.00 bits per heavy atom. The van der Waals surface area contributed by atoms with Crippen LogP contribution in [0.1, 0.15) is 46.9 Å². The molecule has 2 heterocycles. The standard InChI is InChI=1S/C18H15F3N4O/c19-18(20,21)13-7-2-6-12(10-13)17(26)22-14-8-3-9-25-16(14)23-15(24-25)11-4-1-5-11/h2-3,6-11H,1,4-5H2,(H,22,26). The maximum atomic E-state index is 12.8. The third-order valence-electron chi connectivity index (χ3n) is 4.55. The highest BCUT2D eigenvalue weighted by atomic mass is 19.4. The van der Waals surface area contributed by atoms with Crippen LogP contribution in [0.3, 0.4) is 0 Å². The van der Waals surface area contributed by atoms with E-state index in [1.807, 2.05) is 0 Å². The van der Waals surface area contributed by atoms with Gasteiger partial charge in [0.25, 0.3) is 5.91 Å². The van der Waals surface area contributed by atoms with Gasteiger partial charge in [0, 0.05) is 17.7 Å². The summed E-state index contributed by atoms with van der Waals surface area (Å²) in [7, 11) is 0. The van der Waals surface area contributed by atoms with E-state index in [0.29, 0.717) is 17.3 Å². The molecule has 0 atom stereocenters. The van der Waals surface area contributed by atoms with Gasteiger partial charge >= 0.3 is 6.18 Å². The van der Waals surface area contributed by atoms with Crippen molar-refractivity contribution in [1.82, 2.24) is 14.6 Å². The molecule has 0 aliphatic heterocycles. The summed E-state index contributed by atoms with van der Waals surface area (Å²) in [5, 5.41) is 7.07. The van der Waals surface area contributed by atoms with E-state index in [1.165, 1.54) is 12.1 Å². The first-order valence-electron chi connectivity index (χ1n) is 8.26. The van der Waals surface area contributed by atoms with Crippen LogP contribution in [0.5, 0.6) is 0 Å². The number of carbonyl (C=O) groups is 1. The van der Waals surface area contributed by atoms with E-state index in [1.54, 1.807) is 22.8 Å². The van der Waals surface area contributed by atoms with Gasteiger partial charge in [-0.3, -0.25) is 4.79 Å². The van der Waals surface area contributed by atoms with Crippen LogP contribution in [-0.2, 0) is 6.18 Å². The summed E-state index contributed by atoms with van der Waals surface area (Å²) in [6.45, 7) is 0. The van der Waals surface area contributed by atoms with Crippen LogP contribution in [0.2, 0.25) is 0 Å². The maximum absolute atomic E-state index is 12.8. The molecule has 8 heteroatoms. The largest absolute Gasteiger partial charge is 0.416 e. The second-order valence-electron chi connectivity index (χ2n) is 6.32. The second-order valence-corrected chi connectivity index (χ2v) is 6.32. The van der Waals surface area contributed by atoms with Crippen LogP contribution in [0.25, 0.3) is 5.65 Å². The normalized spacial score (nSPS) is 15.0. The van der Waals surface area contributed by atoms with Gasteiger partial charge < -0.3 is 5.32 Å². The molecular formula is C18H15F3N4O. The predicted molar refractivity (Wildman–Crippen MR) is 89.0 cm³/mol. The Balaban J connectivity index is 1.62. The van der Waals surface area contributed by atoms with Gasteiger partial charge in [-0.05, 0) is 43.2 Å². The number of fused-ring (bicyclic) bond motifs is 1. The number of hydrogen-bond acceptors (Lipinski definition) is 3. The number of carbonyl (C=O) groups excluding carboxylic acids is 1. The molecule has 134 valence electrons. The van der Waals surface area contributed by atoms with Crippen molar-refractivity contribution in [3.05, 3.63) is 59.5 Å². The smallest absolute Gasteiger partial charge is 0.319 e. The number of aromatic nitrogens is 3. The molecule has 1 aliphatic rings. The van der Waals surface area contributed by atoms with Crippen molar-refractivity contribution in [2.75, 3.05) is 5.32 Å². The SMILES string of the molecule is O=C(Nc1cccn2nc(C3CCC3)nc12)c1cccc(C(F)(F)F)c1. The van der Waals surface area contributed by atoms with Gasteiger partial charge in [-0.25, -0.2) is 9.50 Å². The quantitative estimate of drug-likeness (QED) is 0.759. The van der Waals surface area contributed by atoms with E-state index in [2.05, 4.69) is 15.4 Å². The summed E-state index contributed by atoms with van der Waals surface area (Å²) < 4.78 is 40.1. The Morgan fingerprint density at radius 1 is 1.19 bits per heavy atom. The topological polar surface area (TPSA) is 59.3 Å². The summed E-state index contributed by atoms with van der Waals surface area (Å²) in [5.41, 5.74) is -0.0404. The number of nitrogens with zero attached hydrogens (tertiary/aromatic N) is 3. The number of anilines is 1. The van der Waals surface area contributed by atoms with Crippen molar-refractivity contribution in [3.63, 3.8) is 0 Å². The molecule has 0 saturated heterocycles. The molecular weight excluding hydrogens is 345 g/mol. The zero-order valence-electron chi connectivity index (χ0n) is 13.6. The molecule has 1 fully saturated rings. The van der Waals surface area contributed by atoms with Crippen LogP contribution >= 0.6 is 0 Å². The van der Waals surface area contributed by atoms with E-state index >= 15 is 0 Å². The Kier molecular flexibility index (Phi) is 3.90. The molecule has 0 unspecified atom stereocenters. The average Bonchev–Trinajstić information content (AvgIpc) is 2.97. The number of rotatable bonds is 3. The van der Waals surface area contributed by atoms with Crippen molar-refractivity contribution in [2.24, 2.45) is 0 Å². The molecule has 26 heavy (non-hydrogen) atoms. The molecule has 0 bridgehead atoms. The van der Waals surface area contributed by atoms with Crippen molar-refractivity contribution in [2.45, 2.75) is 31.4 Å². The number of benzene rings is 1. The van der Waals surface area contributed by atoms with Crippen LogP contribution in [-0.4, -0.2) is 20.5 Å². The fraction of sp³-hybridized carbons (Fsp3) is 0.278. The minimum absolute atomic E-state index is 0.0689. The summed E-state index contributed by atoms with van der Waals surface area (Å²) in [6.07, 6.45) is 0.469. The average molecular weight is 360 g/mol. The highest BCUT2D eigenvalue weighted by molar-refractivity contribution is 6.06. The molecule has 0 spiro atoms. The van der Waals surface area contributed by atoms with E-state index in [0.717, 1.165) is 37.2 Å². The molecule has 1 N–H and O–H groups in total. The molecule has 5 nitrogen and oxygen atoms in total. The molecule has 1 aliphatic carbocycles. The monoisotopic (exact) mass is 360 g/mol. The number of pyridine rings is 1. The molecule has 2 aromatic heterocycles. The minimum atomic E-state index is -4.50. The fourth-order valence-corrected chi connectivity index (χ4v) is 2.89. The highest BCUT2D eigenvalue weighted by Crippen LogP contribution is 2.35. The van der Waals surface area contributed by atoms with Crippen LogP contribution in [0.4, 0.5) is 18.9 Å². The van der Waals surface area contributed by atoms with Crippen molar-refractivity contribution in [3.8, 4) is 0 Å². The Bertz CT molecular complexity index is 976. The lowest BCUT2D eigenvalue weighted by Crippen LogP contribution is -2.14. The molecule has 4 rings (SSSR count). The fourth-order valence-electron chi connectivity index (χ4n) is 2.89. The molecule has 1 saturated carbocycles. The third kappa shape index (κ3) is 3.02. The van der Waals surface area contributed by atoms with Gasteiger partial charge in [0.05, 0.1) is 11.3 Å². The van der Waals surface area contributed by atoms with Gasteiger partial charge in [-0.15, -0.1) is 0 Å². The van der Waals surface area contributed by atoms with Gasteiger partial charge in [-0.2, -0.15) is 18.3 Å². The lowest BCUT2D eigenvalue weighted by molar-refractivity contribution is -0.137. The predicted octanol–water partition coefficient (Wildman–Crippen LogP) is 4.27. The molecule has 0 radical (unpaired) electrons. The minimum Gasteiger partial charge on any atom is -0.319 e. The summed E-state index contributed by atoms with van der Waals surface area (Å²) >= 11 is 0. The Labute approximate surface area is 146 Å². The highest BCUT2D eigenvalue weighted by Gasteiger charge is 2.31. The maximum Gasteiger partial charge on any atom is 0.416 e. The molecule has 1 amide bonds. The molecule has 1 aromatic carbocycles. The lowest BCUT2D eigenvalue weighted by atomic mass is 9.85. The van der Waals surface area contributed by atoms with E-state index < -0.39 is 17.6 Å². The number of amides is 1. The van der Waals surface area contributed by atoms with Gasteiger partial charge in [0.1, 0.15) is 0 Å². The number of halogens is 3. The third-order valence-corrected chi connectivity index (χ3v) is 4.55. The van der Waals surface area contributed by atoms with E-state index in [-0.39, 0.29) is 5.56 Å². The first-order valence-corrected chi connectivity index (χ1v) is 8.26. The van der Waals surface area contributed by atoms with Crippen molar-refractivity contribution < 1.29 is 18.0 Å². The second kappa shape index (κ2) is 6.12. The first kappa shape index (κ1) is 16.6. The molecule has 3 aromatic rings. The lowest BCUT2D eigenvalue weighted by Gasteiger charge is -2.21. The van der Waals surface area contributed by atoms with E-state index in [9.17, 15) is 18.0 Å². The van der Waals surface area contributed by atoms with Crippen molar-refractivity contribution in [1.29, 1.82) is 0 Å². The van der Waals surface area contributed by atoms with Crippen LogP contribution in [0.15, 0.2) is 42.6 Å². The zero-order chi connectivity index (χ0) is 18.3. The van der Waals surface area contributed by atoms with Gasteiger partial charge in [0.15, 0.2) is 11.5 Å². The number of alkyl halides is 3. The number of nitrogens with one attached hydrogen (secondary N) is 1. The van der Waals surface area contributed by atoms with Crippen LogP contribution < -0.4 is 5.32 Å². The van der Waals surface area contributed by atoms with Gasteiger partial charge in [-0.1, -0.05) is 12.5 Å². The zero-order valence-corrected chi connectivity index (χ0v) is 13.6. The van der Waals surface area contributed by atoms with Crippen LogP contribution in [0, 0.1) is 0 Å². The van der Waals surface area contributed by atoms with Gasteiger partial charge in [0.2, 0.25) is 0 Å².